The molecule has 0 rings (SSSR count). The van der Waals surface area contributed by atoms with Gasteiger partial charge in [0.25, 0.3) is 0 Å². The fraction of sp³-hybridized carbons (Fsp3) is 0.714. The first-order valence-corrected chi connectivity index (χ1v) is 4.18. The molecule has 0 fully saturated rings. The van der Waals surface area contributed by atoms with Crippen molar-refractivity contribution in [3.63, 3.8) is 0 Å². The Hall–Kier alpha value is -1.21. The number of aliphatic hydroxyl groups is 1. The zero-order valence-electron chi connectivity index (χ0n) is 8.86. The zero-order chi connectivity index (χ0) is 17.7. The first-order chi connectivity index (χ1) is 8.82. The summed E-state index contributed by atoms with van der Waals surface area (Å²) >= 11 is 0. The lowest BCUT2D eigenvalue weighted by Crippen LogP contribution is -2.61. The number of hydrogen-bond acceptors (Lipinski definition) is 1. The Morgan fingerprint density at radius 1 is 0.571 bits per heavy atom. The van der Waals surface area contributed by atoms with Gasteiger partial charge in [0.2, 0.25) is 11.7 Å². The number of alkyl halides is 11. The van der Waals surface area contributed by atoms with Gasteiger partial charge in [0.15, 0.2) is 0 Å². The molecule has 1 N–H and O–H groups in total. The summed E-state index contributed by atoms with van der Waals surface area (Å²) in [6.07, 6.45) is -13.5. The van der Waals surface area contributed by atoms with E-state index in [4.69, 9.17) is 5.11 Å². The number of rotatable bonds is 4. The Kier molecular flexibility index (Phi) is 4.63. The molecule has 0 aromatic rings. The predicted molar refractivity (Wildman–Crippen MR) is 37.3 cm³/mol. The molecule has 0 spiro atoms. The maximum atomic E-state index is 12.6. The van der Waals surface area contributed by atoms with E-state index < -0.39 is 41.7 Å². The van der Waals surface area contributed by atoms with Gasteiger partial charge in [-0.15, -0.1) is 0 Å². The second-order valence-electron chi connectivity index (χ2n) is 3.39. The summed E-state index contributed by atoms with van der Waals surface area (Å²) in [6, 6.07) is 0. The fourth-order valence-corrected chi connectivity index (χ4v) is 0.783. The van der Waals surface area contributed by atoms with Gasteiger partial charge in [0.1, 0.15) is 0 Å². The van der Waals surface area contributed by atoms with Crippen molar-refractivity contribution in [2.45, 2.75) is 30.1 Å². The minimum absolute atomic E-state index is 4.34. The van der Waals surface area contributed by atoms with E-state index in [2.05, 4.69) is 0 Å². The smallest absolute Gasteiger partial charge is 0.330 e. The van der Waals surface area contributed by atoms with Gasteiger partial charge in [-0.2, -0.15) is 52.7 Å². The molecule has 0 saturated carbocycles. The Balaban J connectivity index is 6.15. The van der Waals surface area contributed by atoms with Crippen molar-refractivity contribution in [3.8, 4) is 0 Å². The summed E-state index contributed by atoms with van der Waals surface area (Å²) < 4.78 is 157. The van der Waals surface area contributed by atoms with Gasteiger partial charge in [-0.05, 0) is 0 Å². The highest BCUT2D eigenvalue weighted by Gasteiger charge is 2.83. The van der Waals surface area contributed by atoms with Gasteiger partial charge in [-0.3, -0.25) is 0 Å². The van der Waals surface area contributed by atoms with Crippen LogP contribution in [0.15, 0.2) is 11.7 Å². The van der Waals surface area contributed by atoms with Crippen LogP contribution in [0.4, 0.5) is 57.1 Å². The highest BCUT2D eigenvalue weighted by Crippen LogP contribution is 2.56. The lowest BCUT2D eigenvalue weighted by Gasteiger charge is -2.32. The second-order valence-corrected chi connectivity index (χ2v) is 3.39. The summed E-state index contributed by atoms with van der Waals surface area (Å²) in [5.41, 5.74) is 0. The molecule has 0 saturated heterocycles. The molecule has 1 nitrogen and oxygen atoms in total. The van der Waals surface area contributed by atoms with Gasteiger partial charge >= 0.3 is 30.1 Å². The van der Waals surface area contributed by atoms with Gasteiger partial charge in [0.05, 0.1) is 0 Å². The van der Waals surface area contributed by atoms with E-state index in [1.54, 1.807) is 0 Å². The summed E-state index contributed by atoms with van der Waals surface area (Å²) in [7, 11) is 0. The first kappa shape index (κ1) is 19.8. The molecule has 0 radical (unpaired) electrons. The number of hydrogen-bond donors (Lipinski definition) is 1. The molecule has 0 atom stereocenters. The standard InChI is InChI=1S/C7HF13O/c8-1(2(9)4(12,13)21)3(10,11)5(14,15)6(16,17)7(18,19)20/h21H. The molecule has 0 aromatic carbocycles. The Bertz CT molecular complexity index is 425. The van der Waals surface area contributed by atoms with Gasteiger partial charge in [0, 0.05) is 0 Å². The lowest BCUT2D eigenvalue weighted by molar-refractivity contribution is -0.392. The average Bonchev–Trinajstić information content (AvgIpc) is 2.23. The summed E-state index contributed by atoms with van der Waals surface area (Å²) in [5, 5.41) is 7.45. The molecular formula is C7HF13O. The third-order valence-corrected chi connectivity index (χ3v) is 1.88. The van der Waals surface area contributed by atoms with Crippen molar-refractivity contribution in [1.29, 1.82) is 0 Å². The van der Waals surface area contributed by atoms with Crippen molar-refractivity contribution >= 4 is 0 Å². The Morgan fingerprint density at radius 3 is 1.14 bits per heavy atom. The van der Waals surface area contributed by atoms with E-state index in [0.29, 0.717) is 0 Å². The molecule has 0 heterocycles. The minimum Gasteiger partial charge on any atom is -0.330 e. The number of allylic oxidation sites excluding steroid dienone is 1. The topological polar surface area (TPSA) is 20.2 Å². The first-order valence-electron chi connectivity index (χ1n) is 4.18. The minimum atomic E-state index is -7.66. The van der Waals surface area contributed by atoms with E-state index in [0.717, 1.165) is 0 Å². The Labute approximate surface area is 105 Å². The van der Waals surface area contributed by atoms with Crippen LogP contribution < -0.4 is 0 Å². The fourth-order valence-electron chi connectivity index (χ4n) is 0.783. The highest BCUT2D eigenvalue weighted by molar-refractivity contribution is 5.20. The van der Waals surface area contributed by atoms with Crippen LogP contribution >= 0.6 is 0 Å². The highest BCUT2D eigenvalue weighted by atomic mass is 19.4. The van der Waals surface area contributed by atoms with Crippen molar-refractivity contribution in [2.24, 2.45) is 0 Å². The molecule has 126 valence electrons. The normalized spacial score (nSPS) is 16.9. The quantitative estimate of drug-likeness (QED) is 0.756. The van der Waals surface area contributed by atoms with Crippen LogP contribution in [-0.4, -0.2) is 35.2 Å². The molecule has 0 unspecified atom stereocenters. The molecule has 0 aliphatic rings. The van der Waals surface area contributed by atoms with Crippen LogP contribution in [0.3, 0.4) is 0 Å². The molecular weight excluding hydrogens is 347 g/mol. The molecule has 14 heteroatoms. The van der Waals surface area contributed by atoms with Crippen molar-refractivity contribution < 1.29 is 62.2 Å². The maximum Gasteiger partial charge on any atom is 0.460 e. The zero-order valence-corrected chi connectivity index (χ0v) is 8.86. The van der Waals surface area contributed by atoms with Gasteiger partial charge in [-0.25, -0.2) is 4.39 Å². The Morgan fingerprint density at radius 2 is 0.905 bits per heavy atom. The molecule has 0 bridgehead atoms. The van der Waals surface area contributed by atoms with Crippen molar-refractivity contribution in [3.05, 3.63) is 11.7 Å². The van der Waals surface area contributed by atoms with Crippen LogP contribution in [0.25, 0.3) is 0 Å². The van der Waals surface area contributed by atoms with E-state index in [1.807, 2.05) is 0 Å². The van der Waals surface area contributed by atoms with Gasteiger partial charge in [-0.1, -0.05) is 0 Å². The average molecular weight is 348 g/mol. The summed E-state index contributed by atoms with van der Waals surface area (Å²) in [4.78, 5) is 0. The van der Waals surface area contributed by atoms with E-state index >= 15 is 0 Å². The van der Waals surface area contributed by atoms with Crippen LogP contribution in [0.1, 0.15) is 0 Å². The predicted octanol–water partition coefficient (Wildman–Crippen LogP) is 4.19. The van der Waals surface area contributed by atoms with Crippen molar-refractivity contribution in [2.75, 3.05) is 0 Å². The second kappa shape index (κ2) is 4.91. The van der Waals surface area contributed by atoms with Crippen LogP contribution in [-0.2, 0) is 0 Å². The SMILES string of the molecule is OC(F)(F)C(F)=C(F)C(F)(F)C(F)(F)C(F)(F)C(F)(F)F. The molecule has 0 aromatic heterocycles. The third-order valence-electron chi connectivity index (χ3n) is 1.88. The van der Waals surface area contributed by atoms with Crippen molar-refractivity contribution in [1.82, 2.24) is 0 Å². The van der Waals surface area contributed by atoms with Gasteiger partial charge < -0.3 is 5.11 Å². The van der Waals surface area contributed by atoms with E-state index in [9.17, 15) is 57.1 Å². The van der Waals surface area contributed by atoms with E-state index in [-0.39, 0.29) is 0 Å². The van der Waals surface area contributed by atoms with Crippen LogP contribution in [0.5, 0.6) is 0 Å². The lowest BCUT2D eigenvalue weighted by atomic mass is 10.0. The van der Waals surface area contributed by atoms with E-state index in [1.165, 1.54) is 0 Å². The molecule has 21 heavy (non-hydrogen) atoms. The van der Waals surface area contributed by atoms with Crippen LogP contribution in [0, 0.1) is 0 Å². The summed E-state index contributed by atoms with van der Waals surface area (Å²) in [6.45, 7) is 0. The summed E-state index contributed by atoms with van der Waals surface area (Å²) in [5.74, 6) is -31.6. The molecule has 0 aliphatic carbocycles. The third kappa shape index (κ3) is 3.03. The number of halogens is 13. The largest absolute Gasteiger partial charge is 0.460 e. The van der Waals surface area contributed by atoms with Crippen LogP contribution in [0.2, 0.25) is 0 Å². The molecule has 0 aliphatic heterocycles. The molecule has 0 amide bonds. The maximum absolute atomic E-state index is 12.6. The monoisotopic (exact) mass is 348 g/mol.